The van der Waals surface area contributed by atoms with Gasteiger partial charge in [-0.1, -0.05) is 0 Å². The molecule has 0 aliphatic heterocycles. The van der Waals surface area contributed by atoms with Gasteiger partial charge in [-0.05, 0) is 39.0 Å². The van der Waals surface area contributed by atoms with Crippen LogP contribution in [0.3, 0.4) is 0 Å². The fourth-order valence-electron chi connectivity index (χ4n) is 1.74. The molecule has 0 spiro atoms. The maximum atomic E-state index is 6.00. The summed E-state index contributed by atoms with van der Waals surface area (Å²) < 4.78 is 0. The zero-order chi connectivity index (χ0) is 12.5. The van der Waals surface area contributed by atoms with E-state index in [1.807, 2.05) is 45.2 Å². The van der Waals surface area contributed by atoms with E-state index in [2.05, 4.69) is 15.0 Å². The van der Waals surface area contributed by atoms with Gasteiger partial charge in [0.15, 0.2) is 0 Å². The Kier molecular flexibility index (Phi) is 2.98. The Bertz CT molecular complexity index is 495. The van der Waals surface area contributed by atoms with E-state index in [-0.39, 0.29) is 5.54 Å². The summed E-state index contributed by atoms with van der Waals surface area (Å²) in [6.07, 6.45) is 2.56. The molecule has 0 aliphatic carbocycles. The summed E-state index contributed by atoms with van der Waals surface area (Å²) in [7, 11) is 0. The molecule has 0 radical (unpaired) electrons. The van der Waals surface area contributed by atoms with E-state index in [1.54, 1.807) is 0 Å². The fourth-order valence-corrected chi connectivity index (χ4v) is 1.74. The number of aromatic amines is 1. The van der Waals surface area contributed by atoms with Crippen molar-refractivity contribution in [2.24, 2.45) is 5.73 Å². The van der Waals surface area contributed by atoms with Crippen LogP contribution in [0.25, 0.3) is 11.4 Å². The Morgan fingerprint density at radius 2 is 2.12 bits per heavy atom. The number of nitrogens with zero attached hydrogens (tertiary/aromatic N) is 2. The number of aromatic nitrogens is 3. The summed E-state index contributed by atoms with van der Waals surface area (Å²) in [5.74, 6) is 0.794. The van der Waals surface area contributed by atoms with E-state index < -0.39 is 0 Å². The van der Waals surface area contributed by atoms with E-state index in [9.17, 15) is 0 Å². The van der Waals surface area contributed by atoms with Crippen molar-refractivity contribution in [2.45, 2.75) is 32.7 Å². The van der Waals surface area contributed by atoms with Gasteiger partial charge in [-0.3, -0.25) is 0 Å². The third-order valence-electron chi connectivity index (χ3n) is 2.39. The number of nitrogens with two attached hydrogens (primary N) is 1. The van der Waals surface area contributed by atoms with Crippen LogP contribution >= 0.6 is 0 Å². The van der Waals surface area contributed by atoms with Crippen molar-refractivity contribution in [2.75, 3.05) is 0 Å². The number of rotatable bonds is 3. The Labute approximate surface area is 101 Å². The summed E-state index contributed by atoms with van der Waals surface area (Å²) in [5, 5.41) is 0. The van der Waals surface area contributed by atoms with Gasteiger partial charge in [0.2, 0.25) is 0 Å². The van der Waals surface area contributed by atoms with E-state index in [1.165, 1.54) is 0 Å². The van der Waals surface area contributed by atoms with E-state index >= 15 is 0 Å². The third-order valence-corrected chi connectivity index (χ3v) is 2.39. The lowest BCUT2D eigenvalue weighted by molar-refractivity contribution is 0.502. The minimum Gasteiger partial charge on any atom is -0.360 e. The molecule has 17 heavy (non-hydrogen) atoms. The van der Waals surface area contributed by atoms with Gasteiger partial charge in [0, 0.05) is 23.9 Å². The van der Waals surface area contributed by atoms with Crippen LogP contribution < -0.4 is 5.73 Å². The summed E-state index contributed by atoms with van der Waals surface area (Å²) in [6.45, 7) is 5.93. The SMILES string of the molecule is Cc1cc(-c2ccc[nH]2)nc(CC(C)(C)N)n1. The highest BCUT2D eigenvalue weighted by atomic mass is 14.9. The zero-order valence-corrected chi connectivity index (χ0v) is 10.5. The average molecular weight is 230 g/mol. The van der Waals surface area contributed by atoms with Crippen LogP contribution in [0.1, 0.15) is 25.4 Å². The summed E-state index contributed by atoms with van der Waals surface area (Å²) >= 11 is 0. The highest BCUT2D eigenvalue weighted by Gasteiger charge is 2.15. The molecule has 2 aromatic rings. The molecule has 0 fully saturated rings. The van der Waals surface area contributed by atoms with Gasteiger partial charge in [0.25, 0.3) is 0 Å². The molecule has 0 aliphatic rings. The maximum absolute atomic E-state index is 6.00. The molecule has 0 unspecified atom stereocenters. The normalized spacial score (nSPS) is 11.8. The summed E-state index contributed by atoms with van der Waals surface area (Å²) in [5.41, 5.74) is 8.59. The van der Waals surface area contributed by atoms with Gasteiger partial charge < -0.3 is 10.7 Å². The quantitative estimate of drug-likeness (QED) is 0.848. The van der Waals surface area contributed by atoms with Crippen molar-refractivity contribution in [1.82, 2.24) is 15.0 Å². The second-order valence-corrected chi connectivity index (χ2v) is 5.06. The van der Waals surface area contributed by atoms with E-state index in [4.69, 9.17) is 5.73 Å². The Hall–Kier alpha value is -1.68. The van der Waals surface area contributed by atoms with Gasteiger partial charge in [-0.15, -0.1) is 0 Å². The molecule has 0 amide bonds. The predicted molar refractivity (Wildman–Crippen MR) is 68.5 cm³/mol. The third kappa shape index (κ3) is 3.14. The number of hydrogen-bond acceptors (Lipinski definition) is 3. The van der Waals surface area contributed by atoms with Crippen LogP contribution in [-0.2, 0) is 6.42 Å². The molecule has 3 N–H and O–H groups in total. The van der Waals surface area contributed by atoms with Gasteiger partial charge in [-0.2, -0.15) is 0 Å². The van der Waals surface area contributed by atoms with Crippen molar-refractivity contribution >= 4 is 0 Å². The van der Waals surface area contributed by atoms with Crippen LogP contribution in [0.2, 0.25) is 0 Å². The summed E-state index contributed by atoms with van der Waals surface area (Å²) in [6, 6.07) is 5.93. The zero-order valence-electron chi connectivity index (χ0n) is 10.5. The molecule has 0 aromatic carbocycles. The Balaban J connectivity index is 2.36. The van der Waals surface area contributed by atoms with Crippen molar-refractivity contribution in [3.63, 3.8) is 0 Å². The van der Waals surface area contributed by atoms with Crippen molar-refractivity contribution in [3.05, 3.63) is 35.9 Å². The molecule has 0 saturated carbocycles. The largest absolute Gasteiger partial charge is 0.360 e. The molecule has 0 bridgehead atoms. The highest BCUT2D eigenvalue weighted by Crippen LogP contribution is 2.16. The molecule has 0 saturated heterocycles. The van der Waals surface area contributed by atoms with Crippen LogP contribution in [0, 0.1) is 6.92 Å². The first-order valence-corrected chi connectivity index (χ1v) is 5.71. The van der Waals surface area contributed by atoms with Crippen LogP contribution in [-0.4, -0.2) is 20.5 Å². The van der Waals surface area contributed by atoms with E-state index in [0.29, 0.717) is 6.42 Å². The molecule has 4 heteroatoms. The van der Waals surface area contributed by atoms with E-state index in [0.717, 1.165) is 22.9 Å². The maximum Gasteiger partial charge on any atom is 0.131 e. The first-order valence-electron chi connectivity index (χ1n) is 5.71. The minimum absolute atomic E-state index is 0.291. The Morgan fingerprint density at radius 1 is 1.35 bits per heavy atom. The molecule has 2 aromatic heterocycles. The number of aryl methyl sites for hydroxylation is 1. The molecular weight excluding hydrogens is 212 g/mol. The van der Waals surface area contributed by atoms with Gasteiger partial charge in [0.1, 0.15) is 5.82 Å². The molecule has 90 valence electrons. The number of hydrogen-bond donors (Lipinski definition) is 2. The molecule has 2 heterocycles. The van der Waals surface area contributed by atoms with Gasteiger partial charge in [-0.25, -0.2) is 9.97 Å². The first-order chi connectivity index (χ1) is 7.94. The van der Waals surface area contributed by atoms with Crippen LogP contribution in [0.4, 0.5) is 0 Å². The predicted octanol–water partition coefficient (Wildman–Crippen LogP) is 2.06. The summed E-state index contributed by atoms with van der Waals surface area (Å²) in [4.78, 5) is 12.1. The monoisotopic (exact) mass is 230 g/mol. The Morgan fingerprint density at radius 3 is 2.71 bits per heavy atom. The minimum atomic E-state index is -0.291. The molecular formula is C13H18N4. The second kappa shape index (κ2) is 4.30. The van der Waals surface area contributed by atoms with Crippen LogP contribution in [0.5, 0.6) is 0 Å². The van der Waals surface area contributed by atoms with Crippen LogP contribution in [0.15, 0.2) is 24.4 Å². The molecule has 4 nitrogen and oxygen atoms in total. The molecule has 0 atom stereocenters. The fraction of sp³-hybridized carbons (Fsp3) is 0.385. The lowest BCUT2D eigenvalue weighted by Crippen LogP contribution is -2.35. The standard InChI is InChI=1S/C13H18N4/c1-9-7-11(10-5-4-6-15-10)17-12(16-9)8-13(2,3)14/h4-7,15H,8,14H2,1-3H3. The second-order valence-electron chi connectivity index (χ2n) is 5.06. The van der Waals surface area contributed by atoms with Crippen molar-refractivity contribution < 1.29 is 0 Å². The topological polar surface area (TPSA) is 67.6 Å². The molecule has 2 rings (SSSR count). The number of nitrogens with one attached hydrogen (secondary N) is 1. The van der Waals surface area contributed by atoms with Crippen molar-refractivity contribution in [3.8, 4) is 11.4 Å². The van der Waals surface area contributed by atoms with Crippen molar-refractivity contribution in [1.29, 1.82) is 0 Å². The lowest BCUT2D eigenvalue weighted by Gasteiger charge is -2.17. The first kappa shape index (κ1) is 11.8. The van der Waals surface area contributed by atoms with Gasteiger partial charge >= 0.3 is 0 Å². The van der Waals surface area contributed by atoms with Gasteiger partial charge in [0.05, 0.1) is 11.4 Å². The number of H-pyrrole nitrogens is 1. The average Bonchev–Trinajstić information content (AvgIpc) is 2.65. The smallest absolute Gasteiger partial charge is 0.131 e. The lowest BCUT2D eigenvalue weighted by atomic mass is 10.0. The highest BCUT2D eigenvalue weighted by molar-refractivity contribution is 5.54.